The Labute approximate surface area is 159 Å². The van der Waals surface area contributed by atoms with E-state index in [0.717, 1.165) is 0 Å². The summed E-state index contributed by atoms with van der Waals surface area (Å²) in [6, 6.07) is 5.31. The Kier molecular flexibility index (Phi) is 4.89. The number of imidazole rings is 1. The molecular weight excluding hydrogens is 404 g/mol. The van der Waals surface area contributed by atoms with Gasteiger partial charge in [0.2, 0.25) is 5.82 Å². The third-order valence-corrected chi connectivity index (χ3v) is 3.86. The Hall–Kier alpha value is -3.31. The standard InChI is InChI=1S/C17H13F6N5O/c1-27(2)15(29)25-10-3-5-11(6-4-10)28-13-12(26-14(28)17(21,22)23)7-9(8-24-13)16(18,19)20/h3-8H,1-2H3,(H,25,29). The maximum atomic E-state index is 13.5. The van der Waals surface area contributed by atoms with Gasteiger partial charge in [-0.15, -0.1) is 0 Å². The van der Waals surface area contributed by atoms with E-state index in [9.17, 15) is 31.1 Å². The van der Waals surface area contributed by atoms with E-state index < -0.39 is 35.3 Å². The van der Waals surface area contributed by atoms with Gasteiger partial charge in [-0.05, 0) is 30.3 Å². The normalized spacial score (nSPS) is 12.3. The zero-order chi connectivity index (χ0) is 21.6. The van der Waals surface area contributed by atoms with Gasteiger partial charge in [-0.2, -0.15) is 26.3 Å². The van der Waals surface area contributed by atoms with Crippen LogP contribution in [0.2, 0.25) is 0 Å². The SMILES string of the molecule is CN(C)C(=O)Nc1ccc(-n2c(C(F)(F)F)nc3cc(C(F)(F)F)cnc32)cc1. The maximum absolute atomic E-state index is 13.5. The number of hydrogen-bond acceptors (Lipinski definition) is 3. The van der Waals surface area contributed by atoms with Crippen LogP contribution in [0.1, 0.15) is 11.4 Å². The number of nitrogens with zero attached hydrogens (tertiary/aromatic N) is 4. The van der Waals surface area contributed by atoms with Crippen LogP contribution < -0.4 is 5.32 Å². The van der Waals surface area contributed by atoms with Gasteiger partial charge < -0.3 is 10.2 Å². The van der Waals surface area contributed by atoms with Crippen molar-refractivity contribution >= 4 is 22.9 Å². The number of aromatic nitrogens is 3. The topological polar surface area (TPSA) is 63.1 Å². The van der Waals surface area contributed by atoms with E-state index in [-0.39, 0.29) is 11.3 Å². The summed E-state index contributed by atoms with van der Waals surface area (Å²) < 4.78 is 79.5. The Balaban J connectivity index is 2.11. The highest BCUT2D eigenvalue weighted by atomic mass is 19.4. The summed E-state index contributed by atoms with van der Waals surface area (Å²) in [6.07, 6.45) is -9.25. The van der Waals surface area contributed by atoms with Crippen molar-refractivity contribution in [2.75, 3.05) is 19.4 Å². The zero-order valence-electron chi connectivity index (χ0n) is 14.9. The van der Waals surface area contributed by atoms with E-state index in [1.165, 1.54) is 43.3 Å². The molecule has 0 aliphatic rings. The number of benzene rings is 1. The minimum Gasteiger partial charge on any atom is -0.331 e. The van der Waals surface area contributed by atoms with Crippen LogP contribution in [0.15, 0.2) is 36.5 Å². The molecule has 0 aliphatic carbocycles. The Morgan fingerprint density at radius 1 is 1.03 bits per heavy atom. The van der Waals surface area contributed by atoms with Crippen LogP contribution in [0.4, 0.5) is 36.8 Å². The average molecular weight is 417 g/mol. The van der Waals surface area contributed by atoms with Crippen molar-refractivity contribution in [2.24, 2.45) is 0 Å². The van der Waals surface area contributed by atoms with Crippen molar-refractivity contribution in [2.45, 2.75) is 12.4 Å². The highest BCUT2D eigenvalue weighted by Crippen LogP contribution is 2.35. The molecule has 12 heteroatoms. The van der Waals surface area contributed by atoms with Gasteiger partial charge in [-0.3, -0.25) is 4.57 Å². The first-order valence-electron chi connectivity index (χ1n) is 7.99. The van der Waals surface area contributed by atoms with E-state index in [2.05, 4.69) is 15.3 Å². The number of fused-ring (bicyclic) bond motifs is 1. The van der Waals surface area contributed by atoms with Gasteiger partial charge >= 0.3 is 18.4 Å². The van der Waals surface area contributed by atoms with Crippen molar-refractivity contribution in [3.05, 3.63) is 47.9 Å². The van der Waals surface area contributed by atoms with Crippen molar-refractivity contribution in [3.63, 3.8) is 0 Å². The largest absolute Gasteiger partial charge is 0.450 e. The smallest absolute Gasteiger partial charge is 0.331 e. The van der Waals surface area contributed by atoms with E-state index in [1.807, 2.05) is 0 Å². The fourth-order valence-corrected chi connectivity index (χ4v) is 2.48. The predicted octanol–water partition coefficient (Wildman–Crippen LogP) is 4.55. The molecule has 3 rings (SSSR count). The molecule has 154 valence electrons. The van der Waals surface area contributed by atoms with Gasteiger partial charge in [0, 0.05) is 31.7 Å². The Bertz CT molecular complexity index is 1050. The van der Waals surface area contributed by atoms with Crippen LogP contribution in [0.5, 0.6) is 0 Å². The Morgan fingerprint density at radius 3 is 2.17 bits per heavy atom. The number of nitrogens with one attached hydrogen (secondary N) is 1. The third kappa shape index (κ3) is 4.10. The first-order valence-corrected chi connectivity index (χ1v) is 7.99. The molecular formula is C17H13F6N5O. The fourth-order valence-electron chi connectivity index (χ4n) is 2.48. The van der Waals surface area contributed by atoms with Crippen LogP contribution in [0.25, 0.3) is 16.9 Å². The summed E-state index contributed by atoms with van der Waals surface area (Å²) in [4.78, 5) is 19.8. The minimum absolute atomic E-state index is 0.0325. The van der Waals surface area contributed by atoms with E-state index >= 15 is 0 Å². The summed E-state index contributed by atoms with van der Waals surface area (Å²) in [7, 11) is 3.02. The van der Waals surface area contributed by atoms with Crippen molar-refractivity contribution in [1.82, 2.24) is 19.4 Å². The highest BCUT2D eigenvalue weighted by Gasteiger charge is 2.39. The van der Waals surface area contributed by atoms with Gasteiger partial charge in [-0.25, -0.2) is 14.8 Å². The quantitative estimate of drug-likeness (QED) is 0.623. The minimum atomic E-state index is -4.93. The molecule has 1 N–H and O–H groups in total. The van der Waals surface area contributed by atoms with Crippen molar-refractivity contribution < 1.29 is 31.1 Å². The van der Waals surface area contributed by atoms with Crippen LogP contribution >= 0.6 is 0 Å². The lowest BCUT2D eigenvalue weighted by molar-refractivity contribution is -0.145. The lowest BCUT2D eigenvalue weighted by Crippen LogP contribution is -2.27. The van der Waals surface area contributed by atoms with E-state index in [1.54, 1.807) is 0 Å². The predicted molar refractivity (Wildman–Crippen MR) is 91.6 cm³/mol. The molecule has 29 heavy (non-hydrogen) atoms. The average Bonchev–Trinajstić information content (AvgIpc) is 3.00. The van der Waals surface area contributed by atoms with Gasteiger partial charge in [0.1, 0.15) is 5.52 Å². The number of alkyl halides is 6. The van der Waals surface area contributed by atoms with Gasteiger partial charge in [0.15, 0.2) is 5.65 Å². The number of anilines is 1. The van der Waals surface area contributed by atoms with Crippen molar-refractivity contribution in [1.29, 1.82) is 0 Å². The molecule has 0 saturated carbocycles. The molecule has 0 spiro atoms. The van der Waals surface area contributed by atoms with E-state index in [4.69, 9.17) is 0 Å². The van der Waals surface area contributed by atoms with Crippen LogP contribution in [-0.2, 0) is 12.4 Å². The second kappa shape index (κ2) is 6.94. The second-order valence-electron chi connectivity index (χ2n) is 6.20. The van der Waals surface area contributed by atoms with Crippen LogP contribution in [-0.4, -0.2) is 39.6 Å². The molecule has 0 aliphatic heterocycles. The van der Waals surface area contributed by atoms with Crippen molar-refractivity contribution in [3.8, 4) is 5.69 Å². The second-order valence-corrected chi connectivity index (χ2v) is 6.20. The molecule has 2 aromatic heterocycles. The molecule has 0 radical (unpaired) electrons. The first kappa shape index (κ1) is 20.4. The maximum Gasteiger partial charge on any atom is 0.450 e. The molecule has 6 nitrogen and oxygen atoms in total. The highest BCUT2D eigenvalue weighted by molar-refractivity contribution is 5.89. The molecule has 0 atom stereocenters. The summed E-state index contributed by atoms with van der Waals surface area (Å²) in [6.45, 7) is 0. The number of pyridine rings is 1. The zero-order valence-corrected chi connectivity index (χ0v) is 14.9. The third-order valence-electron chi connectivity index (χ3n) is 3.86. The number of amides is 2. The summed E-state index contributed by atoms with van der Waals surface area (Å²) in [5, 5.41) is 2.52. The molecule has 3 aromatic rings. The van der Waals surface area contributed by atoms with Gasteiger partial charge in [-0.1, -0.05) is 0 Å². The number of carbonyl (C=O) groups is 1. The van der Waals surface area contributed by atoms with Gasteiger partial charge in [0.25, 0.3) is 0 Å². The molecule has 0 bridgehead atoms. The molecule has 1 aromatic carbocycles. The monoisotopic (exact) mass is 417 g/mol. The van der Waals surface area contributed by atoms with Gasteiger partial charge in [0.05, 0.1) is 5.56 Å². The summed E-state index contributed by atoms with van der Waals surface area (Å²) in [5.74, 6) is -1.41. The fraction of sp³-hybridized carbons (Fsp3) is 0.235. The number of urea groups is 1. The number of halogens is 6. The summed E-state index contributed by atoms with van der Waals surface area (Å²) in [5.41, 5.74) is -1.84. The lowest BCUT2D eigenvalue weighted by atomic mass is 10.2. The number of carbonyl (C=O) groups excluding carboxylic acids is 1. The summed E-state index contributed by atoms with van der Waals surface area (Å²) >= 11 is 0. The lowest BCUT2D eigenvalue weighted by Gasteiger charge is -2.14. The molecule has 0 fully saturated rings. The molecule has 0 saturated heterocycles. The Morgan fingerprint density at radius 2 is 1.66 bits per heavy atom. The molecule has 0 unspecified atom stereocenters. The van der Waals surface area contributed by atoms with E-state index in [0.29, 0.717) is 22.5 Å². The first-order chi connectivity index (χ1) is 13.4. The molecule has 2 heterocycles. The van der Waals surface area contributed by atoms with Crippen LogP contribution in [0, 0.1) is 0 Å². The molecule has 2 amide bonds. The number of rotatable bonds is 2. The van der Waals surface area contributed by atoms with Crippen LogP contribution in [0.3, 0.4) is 0 Å². The number of hydrogen-bond donors (Lipinski definition) is 1.